The van der Waals surface area contributed by atoms with Gasteiger partial charge in [0.1, 0.15) is 17.1 Å². The predicted molar refractivity (Wildman–Crippen MR) is 74.7 cm³/mol. The van der Waals surface area contributed by atoms with Gasteiger partial charge in [-0.15, -0.1) is 0 Å². The topological polar surface area (TPSA) is 83.1 Å². The van der Waals surface area contributed by atoms with Crippen LogP contribution in [0, 0.1) is 0 Å². The zero-order valence-corrected chi connectivity index (χ0v) is 12.3. The number of carbonyl (C=O) groups excluding carboxylic acids is 2. The fourth-order valence-electron chi connectivity index (χ4n) is 1.51. The maximum atomic E-state index is 11.6. The molecule has 7 nitrogen and oxygen atoms in total. The first-order valence-electron chi connectivity index (χ1n) is 6.27. The summed E-state index contributed by atoms with van der Waals surface area (Å²) in [7, 11) is 4.31. The minimum Gasteiger partial charge on any atom is -0.497 e. The minimum atomic E-state index is -0.549. The van der Waals surface area contributed by atoms with Crippen molar-refractivity contribution in [2.45, 2.75) is 0 Å². The zero-order valence-electron chi connectivity index (χ0n) is 12.3. The van der Waals surface area contributed by atoms with Gasteiger partial charge < -0.3 is 24.3 Å². The van der Waals surface area contributed by atoms with Crippen LogP contribution in [0.2, 0.25) is 0 Å². The van der Waals surface area contributed by atoms with Crippen LogP contribution in [-0.4, -0.2) is 53.0 Å². The van der Waals surface area contributed by atoms with Crippen molar-refractivity contribution in [3.8, 4) is 11.5 Å². The second kappa shape index (κ2) is 8.80. The Kier molecular flexibility index (Phi) is 7.03. The maximum absolute atomic E-state index is 11.6. The molecule has 0 aromatic heterocycles. The van der Waals surface area contributed by atoms with Crippen molar-refractivity contribution in [1.29, 1.82) is 0 Å². The summed E-state index contributed by atoms with van der Waals surface area (Å²) in [5.41, 5.74) is 0.225. The standard InChI is InChI=1S/C14H19NO6/c1-18-7-6-15-13(16)9-21-12-8-10(19-2)4-5-11(12)14(17)20-3/h4-5,8H,6-7,9H2,1-3H3,(H,15,16). The number of hydrogen-bond acceptors (Lipinski definition) is 6. The van der Waals surface area contributed by atoms with Crippen molar-refractivity contribution in [1.82, 2.24) is 5.32 Å². The summed E-state index contributed by atoms with van der Waals surface area (Å²) in [5, 5.41) is 2.61. The van der Waals surface area contributed by atoms with Crippen LogP contribution in [-0.2, 0) is 14.3 Å². The van der Waals surface area contributed by atoms with Crippen LogP contribution in [0.1, 0.15) is 10.4 Å². The molecule has 1 aromatic carbocycles. The van der Waals surface area contributed by atoms with Crippen molar-refractivity contribution in [2.75, 3.05) is 41.1 Å². The Bertz CT molecular complexity index is 488. The molecule has 0 heterocycles. The number of esters is 1. The molecule has 0 radical (unpaired) electrons. The Hall–Kier alpha value is -2.28. The molecule has 0 saturated carbocycles. The van der Waals surface area contributed by atoms with Gasteiger partial charge in [-0.3, -0.25) is 4.79 Å². The quantitative estimate of drug-likeness (QED) is 0.559. The molecule has 0 aliphatic carbocycles. The van der Waals surface area contributed by atoms with Gasteiger partial charge in [0.2, 0.25) is 0 Å². The van der Waals surface area contributed by atoms with Crippen LogP contribution in [0.25, 0.3) is 0 Å². The lowest BCUT2D eigenvalue weighted by Crippen LogP contribution is -2.31. The molecular formula is C14H19NO6. The van der Waals surface area contributed by atoms with E-state index in [1.165, 1.54) is 26.4 Å². The van der Waals surface area contributed by atoms with Crippen LogP contribution in [0.4, 0.5) is 0 Å². The fourth-order valence-corrected chi connectivity index (χ4v) is 1.51. The highest BCUT2D eigenvalue weighted by atomic mass is 16.5. The van der Waals surface area contributed by atoms with Crippen LogP contribution in [0.5, 0.6) is 11.5 Å². The molecule has 1 aromatic rings. The maximum Gasteiger partial charge on any atom is 0.341 e. The fraction of sp³-hybridized carbons (Fsp3) is 0.429. The third-order valence-corrected chi connectivity index (χ3v) is 2.58. The van der Waals surface area contributed by atoms with Gasteiger partial charge in [0, 0.05) is 19.7 Å². The van der Waals surface area contributed by atoms with Gasteiger partial charge in [-0.25, -0.2) is 4.79 Å². The number of methoxy groups -OCH3 is 3. The molecule has 0 aliphatic heterocycles. The summed E-state index contributed by atoms with van der Waals surface area (Å²) >= 11 is 0. The Morgan fingerprint density at radius 2 is 1.95 bits per heavy atom. The first-order valence-corrected chi connectivity index (χ1v) is 6.27. The first-order chi connectivity index (χ1) is 10.1. The Morgan fingerprint density at radius 1 is 1.19 bits per heavy atom. The van der Waals surface area contributed by atoms with E-state index in [9.17, 15) is 9.59 Å². The molecule has 0 saturated heterocycles. The zero-order chi connectivity index (χ0) is 15.7. The second-order valence-electron chi connectivity index (χ2n) is 3.99. The lowest BCUT2D eigenvalue weighted by molar-refractivity contribution is -0.123. The molecular weight excluding hydrogens is 278 g/mol. The molecule has 7 heteroatoms. The molecule has 0 atom stereocenters. The molecule has 0 fully saturated rings. The molecule has 21 heavy (non-hydrogen) atoms. The smallest absolute Gasteiger partial charge is 0.341 e. The molecule has 1 rings (SSSR count). The van der Waals surface area contributed by atoms with E-state index in [4.69, 9.17) is 14.2 Å². The van der Waals surface area contributed by atoms with E-state index in [0.29, 0.717) is 18.9 Å². The van der Waals surface area contributed by atoms with E-state index >= 15 is 0 Å². The third kappa shape index (κ3) is 5.31. The van der Waals surface area contributed by atoms with Crippen molar-refractivity contribution in [3.05, 3.63) is 23.8 Å². The molecule has 116 valence electrons. The van der Waals surface area contributed by atoms with E-state index in [1.807, 2.05) is 0 Å². The average molecular weight is 297 g/mol. The molecule has 0 bridgehead atoms. The number of ether oxygens (including phenoxy) is 4. The van der Waals surface area contributed by atoms with E-state index in [0.717, 1.165) is 0 Å². The van der Waals surface area contributed by atoms with Crippen molar-refractivity contribution >= 4 is 11.9 Å². The Labute approximate surface area is 123 Å². The number of carbonyl (C=O) groups is 2. The molecule has 0 spiro atoms. The van der Waals surface area contributed by atoms with Crippen LogP contribution in [0.3, 0.4) is 0 Å². The molecule has 0 unspecified atom stereocenters. The van der Waals surface area contributed by atoms with Crippen LogP contribution >= 0.6 is 0 Å². The van der Waals surface area contributed by atoms with E-state index in [-0.39, 0.29) is 23.8 Å². The van der Waals surface area contributed by atoms with Gasteiger partial charge in [-0.05, 0) is 12.1 Å². The number of benzene rings is 1. The minimum absolute atomic E-state index is 0.221. The van der Waals surface area contributed by atoms with Crippen LogP contribution < -0.4 is 14.8 Å². The predicted octanol–water partition coefficient (Wildman–Crippen LogP) is 0.623. The summed E-state index contributed by atoms with van der Waals surface area (Å²) in [5.74, 6) is -0.126. The Morgan fingerprint density at radius 3 is 2.57 bits per heavy atom. The highest BCUT2D eigenvalue weighted by molar-refractivity contribution is 5.92. The lowest BCUT2D eigenvalue weighted by atomic mass is 10.2. The summed E-state index contributed by atoms with van der Waals surface area (Å²) in [6.07, 6.45) is 0. The van der Waals surface area contributed by atoms with Crippen LogP contribution in [0.15, 0.2) is 18.2 Å². The van der Waals surface area contributed by atoms with Crippen molar-refractivity contribution in [2.24, 2.45) is 0 Å². The highest BCUT2D eigenvalue weighted by Crippen LogP contribution is 2.25. The summed E-state index contributed by atoms with van der Waals surface area (Å²) in [6.45, 7) is 0.583. The van der Waals surface area contributed by atoms with Gasteiger partial charge in [-0.1, -0.05) is 0 Å². The van der Waals surface area contributed by atoms with E-state index in [1.54, 1.807) is 13.2 Å². The number of hydrogen-bond donors (Lipinski definition) is 1. The van der Waals surface area contributed by atoms with E-state index < -0.39 is 5.97 Å². The van der Waals surface area contributed by atoms with Gasteiger partial charge >= 0.3 is 5.97 Å². The summed E-state index contributed by atoms with van der Waals surface area (Å²) in [6, 6.07) is 4.65. The molecule has 1 amide bonds. The van der Waals surface area contributed by atoms with Gasteiger partial charge in [0.25, 0.3) is 5.91 Å². The monoisotopic (exact) mass is 297 g/mol. The highest BCUT2D eigenvalue weighted by Gasteiger charge is 2.15. The third-order valence-electron chi connectivity index (χ3n) is 2.58. The number of nitrogens with one attached hydrogen (secondary N) is 1. The average Bonchev–Trinajstić information content (AvgIpc) is 2.52. The SMILES string of the molecule is COCCNC(=O)COc1cc(OC)ccc1C(=O)OC. The van der Waals surface area contributed by atoms with Gasteiger partial charge in [-0.2, -0.15) is 0 Å². The normalized spacial score (nSPS) is 9.86. The summed E-state index contributed by atoms with van der Waals surface area (Å²) in [4.78, 5) is 23.2. The second-order valence-corrected chi connectivity index (χ2v) is 3.99. The largest absolute Gasteiger partial charge is 0.497 e. The first kappa shape index (κ1) is 16.8. The number of amides is 1. The molecule has 1 N–H and O–H groups in total. The Balaban J connectivity index is 2.71. The van der Waals surface area contributed by atoms with Crippen molar-refractivity contribution in [3.63, 3.8) is 0 Å². The van der Waals surface area contributed by atoms with Crippen molar-refractivity contribution < 1.29 is 28.5 Å². The lowest BCUT2D eigenvalue weighted by Gasteiger charge is -2.11. The van der Waals surface area contributed by atoms with Gasteiger partial charge in [0.05, 0.1) is 20.8 Å². The molecule has 0 aliphatic rings. The summed E-state index contributed by atoms with van der Waals surface area (Å²) < 4.78 is 19.9. The van der Waals surface area contributed by atoms with E-state index in [2.05, 4.69) is 10.1 Å². The number of rotatable bonds is 8. The van der Waals surface area contributed by atoms with Gasteiger partial charge in [0.15, 0.2) is 6.61 Å².